The van der Waals surface area contributed by atoms with E-state index in [1.807, 2.05) is 20.8 Å². The van der Waals surface area contributed by atoms with Crippen molar-refractivity contribution >= 4 is 12.0 Å². The molecule has 2 atom stereocenters. The van der Waals surface area contributed by atoms with Gasteiger partial charge in [-0.05, 0) is 19.8 Å². The van der Waals surface area contributed by atoms with Gasteiger partial charge in [-0.1, -0.05) is 13.3 Å². The maximum absolute atomic E-state index is 11.4. The second-order valence-electron chi connectivity index (χ2n) is 4.23. The molecule has 0 spiro atoms. The molecule has 2 amide bonds. The topological polar surface area (TPSA) is 87.7 Å². The quantitative estimate of drug-likeness (QED) is 0.581. The minimum Gasteiger partial charge on any atom is -0.481 e. The van der Waals surface area contributed by atoms with Crippen LogP contribution in [-0.2, 0) is 9.53 Å². The number of rotatable bonds is 9. The fourth-order valence-electron chi connectivity index (χ4n) is 1.49. The number of carboxylic acid groups (broad SMARTS) is 1. The number of amides is 2. The maximum atomic E-state index is 11.4. The second kappa shape index (κ2) is 9.70. The van der Waals surface area contributed by atoms with Crippen LogP contribution in [0.1, 0.15) is 33.6 Å². The number of carbonyl (C=O) groups is 2. The predicted molar refractivity (Wildman–Crippen MR) is 68.5 cm³/mol. The highest BCUT2D eigenvalue weighted by Crippen LogP contribution is 2.06. The summed E-state index contributed by atoms with van der Waals surface area (Å²) in [7, 11) is 0. The molecule has 0 heterocycles. The number of carbonyl (C=O) groups excluding carboxylic acids is 1. The van der Waals surface area contributed by atoms with Crippen LogP contribution in [0.2, 0.25) is 0 Å². The molecule has 3 N–H and O–H groups in total. The number of hydrogen-bond acceptors (Lipinski definition) is 3. The van der Waals surface area contributed by atoms with Crippen molar-refractivity contribution in [1.29, 1.82) is 0 Å². The summed E-state index contributed by atoms with van der Waals surface area (Å²) in [6.45, 7) is 7.11. The summed E-state index contributed by atoms with van der Waals surface area (Å²) in [5.74, 6) is -0.869. The summed E-state index contributed by atoms with van der Waals surface area (Å²) in [6.07, 6.45) is 0.773. The van der Waals surface area contributed by atoms with Crippen LogP contribution in [0, 0.1) is 5.92 Å². The molecular formula is C12H24N2O4. The van der Waals surface area contributed by atoms with Crippen LogP contribution in [0.4, 0.5) is 4.79 Å². The second-order valence-corrected chi connectivity index (χ2v) is 4.23. The van der Waals surface area contributed by atoms with Gasteiger partial charge >= 0.3 is 12.0 Å². The van der Waals surface area contributed by atoms with E-state index in [1.54, 1.807) is 0 Å². The predicted octanol–water partition coefficient (Wildman–Crippen LogP) is 1.21. The van der Waals surface area contributed by atoms with Crippen molar-refractivity contribution in [2.24, 2.45) is 5.92 Å². The SMILES string of the molecule is CCOC(C)CNC(=O)NCC(CC)CC(=O)O. The molecule has 0 rings (SSSR count). The lowest BCUT2D eigenvalue weighted by Gasteiger charge is -2.16. The summed E-state index contributed by atoms with van der Waals surface area (Å²) in [4.78, 5) is 22.0. The maximum Gasteiger partial charge on any atom is 0.314 e. The monoisotopic (exact) mass is 260 g/mol. The number of aliphatic carboxylic acids is 1. The van der Waals surface area contributed by atoms with E-state index in [2.05, 4.69) is 10.6 Å². The summed E-state index contributed by atoms with van der Waals surface area (Å²) in [6, 6.07) is -0.287. The minimum atomic E-state index is -0.839. The average Bonchev–Trinajstić information content (AvgIpc) is 2.31. The molecule has 0 aliphatic carbocycles. The Morgan fingerprint density at radius 3 is 2.33 bits per heavy atom. The van der Waals surface area contributed by atoms with Crippen molar-refractivity contribution in [3.8, 4) is 0 Å². The first kappa shape index (κ1) is 16.7. The molecule has 6 nitrogen and oxygen atoms in total. The molecule has 106 valence electrons. The summed E-state index contributed by atoms with van der Waals surface area (Å²) >= 11 is 0. The highest BCUT2D eigenvalue weighted by atomic mass is 16.5. The molecule has 0 saturated heterocycles. The zero-order chi connectivity index (χ0) is 14.0. The van der Waals surface area contributed by atoms with Gasteiger partial charge in [0.2, 0.25) is 0 Å². The van der Waals surface area contributed by atoms with Crippen molar-refractivity contribution in [3.05, 3.63) is 0 Å². The van der Waals surface area contributed by atoms with Gasteiger partial charge in [0.1, 0.15) is 0 Å². The zero-order valence-electron chi connectivity index (χ0n) is 11.4. The first-order valence-corrected chi connectivity index (χ1v) is 6.34. The van der Waals surface area contributed by atoms with E-state index < -0.39 is 5.97 Å². The van der Waals surface area contributed by atoms with E-state index in [0.29, 0.717) is 19.7 Å². The Morgan fingerprint density at radius 2 is 1.83 bits per heavy atom. The largest absolute Gasteiger partial charge is 0.481 e. The summed E-state index contributed by atoms with van der Waals surface area (Å²) in [5.41, 5.74) is 0. The van der Waals surface area contributed by atoms with Crippen LogP contribution >= 0.6 is 0 Å². The van der Waals surface area contributed by atoms with Crippen molar-refractivity contribution in [1.82, 2.24) is 10.6 Å². The van der Waals surface area contributed by atoms with Crippen LogP contribution in [-0.4, -0.2) is 42.9 Å². The van der Waals surface area contributed by atoms with Gasteiger partial charge < -0.3 is 20.5 Å². The Balaban J connectivity index is 3.77. The Morgan fingerprint density at radius 1 is 1.22 bits per heavy atom. The zero-order valence-corrected chi connectivity index (χ0v) is 11.4. The van der Waals surface area contributed by atoms with Gasteiger partial charge in [0, 0.05) is 26.1 Å². The van der Waals surface area contributed by atoms with Crippen molar-refractivity contribution < 1.29 is 19.4 Å². The third-order valence-corrected chi connectivity index (χ3v) is 2.59. The number of nitrogens with one attached hydrogen (secondary N) is 2. The smallest absolute Gasteiger partial charge is 0.314 e. The molecule has 6 heteroatoms. The molecule has 0 aromatic heterocycles. The van der Waals surface area contributed by atoms with Crippen LogP contribution in [0.15, 0.2) is 0 Å². The highest BCUT2D eigenvalue weighted by Gasteiger charge is 2.12. The molecule has 18 heavy (non-hydrogen) atoms. The summed E-state index contributed by atoms with van der Waals surface area (Å²) < 4.78 is 5.27. The summed E-state index contributed by atoms with van der Waals surface area (Å²) in [5, 5.41) is 14.0. The lowest BCUT2D eigenvalue weighted by Crippen LogP contribution is -2.41. The highest BCUT2D eigenvalue weighted by molar-refractivity contribution is 5.74. The molecule has 0 aromatic carbocycles. The van der Waals surface area contributed by atoms with Gasteiger partial charge in [-0.3, -0.25) is 4.79 Å². The lowest BCUT2D eigenvalue weighted by atomic mass is 10.0. The molecule has 0 bridgehead atoms. The standard InChI is InChI=1S/C12H24N2O4/c1-4-10(6-11(15)16)8-14-12(17)13-7-9(3)18-5-2/h9-10H,4-8H2,1-3H3,(H,15,16)(H2,13,14,17). The van der Waals surface area contributed by atoms with Gasteiger partial charge in [0.25, 0.3) is 0 Å². The molecule has 0 saturated carbocycles. The van der Waals surface area contributed by atoms with E-state index in [-0.39, 0.29) is 24.5 Å². The van der Waals surface area contributed by atoms with Crippen LogP contribution in [0.3, 0.4) is 0 Å². The van der Waals surface area contributed by atoms with Gasteiger partial charge in [-0.15, -0.1) is 0 Å². The molecule has 0 fully saturated rings. The van der Waals surface area contributed by atoms with Crippen molar-refractivity contribution in [2.75, 3.05) is 19.7 Å². The molecule has 0 aromatic rings. The Labute approximate surface area is 108 Å². The van der Waals surface area contributed by atoms with E-state index in [1.165, 1.54) is 0 Å². The number of carboxylic acids is 1. The third kappa shape index (κ3) is 8.81. The third-order valence-electron chi connectivity index (χ3n) is 2.59. The van der Waals surface area contributed by atoms with Crippen LogP contribution < -0.4 is 10.6 Å². The van der Waals surface area contributed by atoms with Gasteiger partial charge in [-0.25, -0.2) is 4.79 Å². The fourth-order valence-corrected chi connectivity index (χ4v) is 1.49. The van der Waals surface area contributed by atoms with Gasteiger partial charge in [0.05, 0.1) is 6.10 Å². The molecule has 0 aliphatic rings. The van der Waals surface area contributed by atoms with E-state index in [4.69, 9.17) is 9.84 Å². The minimum absolute atomic E-state index is 0.0262. The Hall–Kier alpha value is -1.30. The van der Waals surface area contributed by atoms with Gasteiger partial charge in [0.15, 0.2) is 0 Å². The Bertz CT molecular complexity index is 258. The van der Waals surface area contributed by atoms with Crippen LogP contribution in [0.5, 0.6) is 0 Å². The average molecular weight is 260 g/mol. The first-order valence-electron chi connectivity index (χ1n) is 6.34. The molecular weight excluding hydrogens is 236 g/mol. The fraction of sp³-hybridized carbons (Fsp3) is 0.833. The van der Waals surface area contributed by atoms with E-state index >= 15 is 0 Å². The first-order chi connectivity index (χ1) is 8.49. The van der Waals surface area contributed by atoms with E-state index in [9.17, 15) is 9.59 Å². The lowest BCUT2D eigenvalue weighted by molar-refractivity contribution is -0.138. The molecule has 0 radical (unpaired) electrons. The number of urea groups is 1. The van der Waals surface area contributed by atoms with E-state index in [0.717, 1.165) is 6.42 Å². The van der Waals surface area contributed by atoms with Crippen molar-refractivity contribution in [3.63, 3.8) is 0 Å². The molecule has 0 aliphatic heterocycles. The molecule has 2 unspecified atom stereocenters. The van der Waals surface area contributed by atoms with Gasteiger partial charge in [-0.2, -0.15) is 0 Å². The van der Waals surface area contributed by atoms with Crippen LogP contribution in [0.25, 0.3) is 0 Å². The Kier molecular flexibility index (Phi) is 9.00. The number of hydrogen-bond donors (Lipinski definition) is 3. The normalized spacial score (nSPS) is 13.7. The number of ether oxygens (including phenoxy) is 1. The van der Waals surface area contributed by atoms with Crippen molar-refractivity contribution in [2.45, 2.75) is 39.7 Å².